The van der Waals surface area contributed by atoms with E-state index in [1.165, 1.54) is 11.3 Å². The van der Waals surface area contributed by atoms with E-state index in [1.807, 2.05) is 22.4 Å². The maximum atomic E-state index is 12.5. The molecule has 0 aliphatic carbocycles. The van der Waals surface area contributed by atoms with E-state index >= 15 is 0 Å². The molecule has 2 aliphatic heterocycles. The molecule has 3 heterocycles. The molecule has 3 atom stereocenters. The van der Waals surface area contributed by atoms with Crippen LogP contribution in [0.3, 0.4) is 0 Å². The molecular weight excluding hydrogens is 312 g/mol. The summed E-state index contributed by atoms with van der Waals surface area (Å²) >= 11 is 1.48. The molecule has 3 rings (SSSR count). The third-order valence-electron chi connectivity index (χ3n) is 5.14. The molecule has 2 fully saturated rings. The molecule has 126 valence electrons. The van der Waals surface area contributed by atoms with Gasteiger partial charge in [0.25, 0.3) is 11.8 Å². The highest BCUT2D eigenvalue weighted by molar-refractivity contribution is 7.12. The maximum Gasteiger partial charge on any atom is 0.263 e. The first-order valence-corrected chi connectivity index (χ1v) is 9.03. The van der Waals surface area contributed by atoms with Gasteiger partial charge in [-0.05, 0) is 30.7 Å². The second kappa shape index (κ2) is 6.24. The first-order chi connectivity index (χ1) is 10.9. The Morgan fingerprint density at radius 2 is 2.17 bits per heavy atom. The lowest BCUT2D eigenvalue weighted by Crippen LogP contribution is -2.53. The summed E-state index contributed by atoms with van der Waals surface area (Å²) in [5.74, 6) is 0.395. The van der Waals surface area contributed by atoms with E-state index in [0.29, 0.717) is 13.1 Å². The van der Waals surface area contributed by atoms with Gasteiger partial charge in [-0.1, -0.05) is 13.0 Å². The number of likely N-dealkylation sites (tertiary alicyclic amines) is 1. The number of nitrogens with zero attached hydrogens (tertiary/aromatic N) is 2. The highest BCUT2D eigenvalue weighted by Gasteiger charge is 2.49. The van der Waals surface area contributed by atoms with Gasteiger partial charge < -0.3 is 14.5 Å². The summed E-state index contributed by atoms with van der Waals surface area (Å²) in [6.07, 6.45) is 2.16. The monoisotopic (exact) mass is 336 g/mol. The quantitative estimate of drug-likeness (QED) is 0.832. The lowest BCUT2D eigenvalue weighted by Gasteiger charge is -2.44. The average molecular weight is 336 g/mol. The largest absolute Gasteiger partial charge is 0.362 e. The lowest BCUT2D eigenvalue weighted by atomic mass is 9.80. The fourth-order valence-electron chi connectivity index (χ4n) is 3.68. The van der Waals surface area contributed by atoms with Crippen molar-refractivity contribution in [3.8, 4) is 0 Å². The van der Waals surface area contributed by atoms with Crippen molar-refractivity contribution in [2.24, 2.45) is 5.92 Å². The van der Waals surface area contributed by atoms with Crippen molar-refractivity contribution >= 4 is 23.2 Å². The standard InChI is InChI=1S/C17H24N2O3S/c1-12-11-19(16(21)14-5-4-10-23-14)9-8-17(12)7-6-13(22-17)15(20)18(2)3/h4-5,10,12-13H,6-9,11H2,1-3H3/t12-,13-,17-/m1/s1. The molecular formula is C17H24N2O3S. The van der Waals surface area contributed by atoms with Crippen LogP contribution in [0.1, 0.15) is 35.9 Å². The summed E-state index contributed by atoms with van der Waals surface area (Å²) in [6.45, 7) is 3.53. The number of piperidine rings is 1. The first-order valence-electron chi connectivity index (χ1n) is 8.15. The molecule has 1 aromatic rings. The van der Waals surface area contributed by atoms with Crippen molar-refractivity contribution < 1.29 is 14.3 Å². The predicted octanol–water partition coefficient (Wildman–Crippen LogP) is 2.24. The second-order valence-corrected chi connectivity index (χ2v) is 7.77. The van der Waals surface area contributed by atoms with Gasteiger partial charge in [0.15, 0.2) is 0 Å². The number of ether oxygens (including phenoxy) is 1. The smallest absolute Gasteiger partial charge is 0.263 e. The summed E-state index contributed by atoms with van der Waals surface area (Å²) in [5.41, 5.74) is -0.247. The van der Waals surface area contributed by atoms with Gasteiger partial charge in [-0.3, -0.25) is 9.59 Å². The third kappa shape index (κ3) is 3.02. The number of likely N-dealkylation sites (N-methyl/N-ethyl adjacent to an activating group) is 1. The number of rotatable bonds is 2. The lowest BCUT2D eigenvalue weighted by molar-refractivity contribution is -0.153. The van der Waals surface area contributed by atoms with E-state index in [9.17, 15) is 9.59 Å². The van der Waals surface area contributed by atoms with Crippen LogP contribution in [-0.2, 0) is 9.53 Å². The molecule has 23 heavy (non-hydrogen) atoms. The van der Waals surface area contributed by atoms with Crippen molar-refractivity contribution in [2.75, 3.05) is 27.2 Å². The maximum absolute atomic E-state index is 12.5. The summed E-state index contributed by atoms with van der Waals surface area (Å²) in [7, 11) is 3.53. The van der Waals surface area contributed by atoms with Gasteiger partial charge in [-0.2, -0.15) is 0 Å². The Bertz CT molecular complexity index is 587. The van der Waals surface area contributed by atoms with Crippen LogP contribution in [0.25, 0.3) is 0 Å². The van der Waals surface area contributed by atoms with E-state index in [0.717, 1.165) is 24.1 Å². The molecule has 6 heteroatoms. The number of thiophene rings is 1. The van der Waals surface area contributed by atoms with Gasteiger partial charge >= 0.3 is 0 Å². The zero-order valence-electron chi connectivity index (χ0n) is 13.9. The van der Waals surface area contributed by atoms with Gasteiger partial charge in [0.1, 0.15) is 6.10 Å². The van der Waals surface area contributed by atoms with Gasteiger partial charge in [0.05, 0.1) is 10.5 Å². The first kappa shape index (κ1) is 16.5. The Morgan fingerprint density at radius 1 is 1.39 bits per heavy atom. The van der Waals surface area contributed by atoms with E-state index in [-0.39, 0.29) is 29.4 Å². The van der Waals surface area contributed by atoms with Crippen molar-refractivity contribution in [2.45, 2.75) is 37.9 Å². The predicted molar refractivity (Wildman–Crippen MR) is 89.5 cm³/mol. The number of carbonyl (C=O) groups excluding carboxylic acids is 2. The molecule has 5 nitrogen and oxygen atoms in total. The normalized spacial score (nSPS) is 30.7. The minimum atomic E-state index is -0.327. The van der Waals surface area contributed by atoms with Crippen LogP contribution in [0.2, 0.25) is 0 Å². The second-order valence-electron chi connectivity index (χ2n) is 6.82. The van der Waals surface area contributed by atoms with E-state index in [1.54, 1.807) is 19.0 Å². The van der Waals surface area contributed by atoms with Crippen LogP contribution in [0.4, 0.5) is 0 Å². The molecule has 2 saturated heterocycles. The van der Waals surface area contributed by atoms with Crippen molar-refractivity contribution in [3.05, 3.63) is 22.4 Å². The highest BCUT2D eigenvalue weighted by Crippen LogP contribution is 2.42. The van der Waals surface area contributed by atoms with Gasteiger partial charge in [-0.15, -0.1) is 11.3 Å². The fourth-order valence-corrected chi connectivity index (χ4v) is 4.38. The highest BCUT2D eigenvalue weighted by atomic mass is 32.1. The minimum absolute atomic E-state index is 0.0474. The van der Waals surface area contributed by atoms with E-state index in [2.05, 4.69) is 6.92 Å². The summed E-state index contributed by atoms with van der Waals surface area (Å²) in [4.78, 5) is 29.0. The third-order valence-corrected chi connectivity index (χ3v) is 6.00. The van der Waals surface area contributed by atoms with Gasteiger partial charge in [-0.25, -0.2) is 0 Å². The van der Waals surface area contributed by atoms with E-state index < -0.39 is 0 Å². The Kier molecular flexibility index (Phi) is 4.47. The zero-order valence-corrected chi connectivity index (χ0v) is 14.8. The van der Waals surface area contributed by atoms with Crippen LogP contribution in [0, 0.1) is 5.92 Å². The molecule has 2 aliphatic rings. The molecule has 0 aromatic carbocycles. The van der Waals surface area contributed by atoms with Crippen LogP contribution >= 0.6 is 11.3 Å². The molecule has 0 unspecified atom stereocenters. The molecule has 1 aromatic heterocycles. The summed E-state index contributed by atoms with van der Waals surface area (Å²) in [5, 5.41) is 1.93. The minimum Gasteiger partial charge on any atom is -0.362 e. The molecule has 0 N–H and O–H groups in total. The molecule has 2 amide bonds. The Labute approximate surface area is 141 Å². The number of carbonyl (C=O) groups is 2. The molecule has 0 radical (unpaired) electrons. The summed E-state index contributed by atoms with van der Waals surface area (Å²) < 4.78 is 6.22. The number of hydrogen-bond donors (Lipinski definition) is 0. The average Bonchev–Trinajstić information content (AvgIpc) is 3.19. The Morgan fingerprint density at radius 3 is 2.78 bits per heavy atom. The van der Waals surface area contributed by atoms with E-state index in [4.69, 9.17) is 4.74 Å². The van der Waals surface area contributed by atoms with Crippen LogP contribution in [0.15, 0.2) is 17.5 Å². The number of hydrogen-bond acceptors (Lipinski definition) is 4. The van der Waals surface area contributed by atoms with Crippen molar-refractivity contribution in [1.82, 2.24) is 9.80 Å². The summed E-state index contributed by atoms with van der Waals surface area (Å²) in [6, 6.07) is 3.78. The van der Waals surface area contributed by atoms with Crippen LogP contribution < -0.4 is 0 Å². The van der Waals surface area contributed by atoms with Gasteiger partial charge in [0.2, 0.25) is 0 Å². The number of amides is 2. The zero-order chi connectivity index (χ0) is 16.6. The van der Waals surface area contributed by atoms with Crippen molar-refractivity contribution in [1.29, 1.82) is 0 Å². The molecule has 1 spiro atoms. The van der Waals surface area contributed by atoms with Gasteiger partial charge in [0, 0.05) is 33.1 Å². The van der Waals surface area contributed by atoms with Crippen LogP contribution in [-0.4, -0.2) is 60.5 Å². The van der Waals surface area contributed by atoms with Crippen LogP contribution in [0.5, 0.6) is 0 Å². The Hall–Kier alpha value is -1.40. The molecule has 0 bridgehead atoms. The molecule has 0 saturated carbocycles. The Balaban J connectivity index is 1.65. The fraction of sp³-hybridized carbons (Fsp3) is 0.647. The van der Waals surface area contributed by atoms with Crippen molar-refractivity contribution in [3.63, 3.8) is 0 Å². The topological polar surface area (TPSA) is 49.9 Å². The SMILES string of the molecule is C[C@@H]1CN(C(=O)c2cccs2)CC[C@]12CC[C@H](C(=O)N(C)C)O2.